The lowest BCUT2D eigenvalue weighted by Gasteiger charge is -1.99. The molecule has 1 aromatic carbocycles. The van der Waals surface area contributed by atoms with Gasteiger partial charge in [0.2, 0.25) is 0 Å². The Labute approximate surface area is 107 Å². The first kappa shape index (κ1) is 15.9. The van der Waals surface area contributed by atoms with Gasteiger partial charge in [0.15, 0.2) is 0 Å². The lowest BCUT2D eigenvalue weighted by Crippen LogP contribution is -2.14. The molecule has 0 aromatic heterocycles. The van der Waals surface area contributed by atoms with Crippen LogP contribution in [-0.4, -0.2) is 13.1 Å². The minimum Gasteiger partial charge on any atom is -0.317 e. The van der Waals surface area contributed by atoms with Crippen LogP contribution in [0.3, 0.4) is 0 Å². The predicted octanol–water partition coefficient (Wildman–Crippen LogP) is 4.29. The van der Waals surface area contributed by atoms with Gasteiger partial charge in [-0.15, -0.1) is 0 Å². The molecule has 0 aliphatic carbocycles. The van der Waals surface area contributed by atoms with Crippen LogP contribution in [0, 0.1) is 0 Å². The molecule has 1 nitrogen and oxygen atoms in total. The molecule has 1 heteroatoms. The molecule has 1 rings (SSSR count). The summed E-state index contributed by atoms with van der Waals surface area (Å²) in [5.41, 5.74) is 2.63. The van der Waals surface area contributed by atoms with E-state index in [2.05, 4.69) is 50.9 Å². The van der Waals surface area contributed by atoms with E-state index in [0.29, 0.717) is 0 Å². The first-order valence-corrected chi connectivity index (χ1v) is 6.71. The molecule has 0 unspecified atom stereocenters. The molecule has 17 heavy (non-hydrogen) atoms. The Morgan fingerprint density at radius 1 is 1.06 bits per heavy atom. The Morgan fingerprint density at radius 3 is 2.06 bits per heavy atom. The van der Waals surface area contributed by atoms with Crippen molar-refractivity contribution in [3.63, 3.8) is 0 Å². The van der Waals surface area contributed by atoms with E-state index < -0.39 is 0 Å². The lowest BCUT2D eigenvalue weighted by atomic mass is 10.1. The maximum atomic E-state index is 3.74. The molecule has 1 N–H and O–H groups in total. The standard InChI is InChI=1S/C10H12.C6H15N/c1-3-9-7-5-6-8-10(9)4-2;1-3-5-7-6-4-2/h3,5-8H,1,4H2,2H3;7H,3-6H2,1-2H3. The minimum atomic E-state index is 1.09. The van der Waals surface area contributed by atoms with Crippen molar-refractivity contribution in [3.05, 3.63) is 42.0 Å². The molecule has 0 radical (unpaired) electrons. The van der Waals surface area contributed by atoms with Crippen molar-refractivity contribution < 1.29 is 0 Å². The fraction of sp³-hybridized carbons (Fsp3) is 0.500. The van der Waals surface area contributed by atoms with E-state index in [1.54, 1.807) is 0 Å². The van der Waals surface area contributed by atoms with Gasteiger partial charge < -0.3 is 5.32 Å². The molecule has 0 saturated heterocycles. The van der Waals surface area contributed by atoms with Gasteiger partial charge in [0.25, 0.3) is 0 Å². The van der Waals surface area contributed by atoms with Gasteiger partial charge in [-0.2, -0.15) is 0 Å². The van der Waals surface area contributed by atoms with Gasteiger partial charge in [0.05, 0.1) is 0 Å². The van der Waals surface area contributed by atoms with Crippen molar-refractivity contribution >= 4 is 6.08 Å². The third-order valence-corrected chi connectivity index (χ3v) is 2.51. The second-order valence-electron chi connectivity index (χ2n) is 4.01. The summed E-state index contributed by atoms with van der Waals surface area (Å²) in [5.74, 6) is 0. The maximum Gasteiger partial charge on any atom is -0.00516 e. The fourth-order valence-corrected chi connectivity index (χ4v) is 1.53. The Hall–Kier alpha value is -1.08. The van der Waals surface area contributed by atoms with Crippen LogP contribution in [0.25, 0.3) is 6.08 Å². The van der Waals surface area contributed by atoms with Crippen LogP contribution in [0.5, 0.6) is 0 Å². The van der Waals surface area contributed by atoms with Crippen molar-refractivity contribution in [2.24, 2.45) is 0 Å². The number of hydrogen-bond donors (Lipinski definition) is 1. The first-order valence-electron chi connectivity index (χ1n) is 6.71. The summed E-state index contributed by atoms with van der Waals surface area (Å²) in [5, 5.41) is 3.28. The van der Waals surface area contributed by atoms with Gasteiger partial charge in [-0.3, -0.25) is 0 Å². The summed E-state index contributed by atoms with van der Waals surface area (Å²) < 4.78 is 0. The highest BCUT2D eigenvalue weighted by atomic mass is 14.8. The van der Waals surface area contributed by atoms with Crippen LogP contribution in [0.15, 0.2) is 30.8 Å². The molecule has 0 saturated carbocycles. The van der Waals surface area contributed by atoms with Crippen LogP contribution in [0.1, 0.15) is 44.7 Å². The van der Waals surface area contributed by atoms with Crippen molar-refractivity contribution in [2.75, 3.05) is 13.1 Å². The van der Waals surface area contributed by atoms with E-state index in [4.69, 9.17) is 0 Å². The molecule has 0 heterocycles. The number of aryl methyl sites for hydroxylation is 1. The van der Waals surface area contributed by atoms with Crippen molar-refractivity contribution in [3.8, 4) is 0 Å². The second-order valence-corrected chi connectivity index (χ2v) is 4.01. The van der Waals surface area contributed by atoms with Crippen molar-refractivity contribution in [2.45, 2.75) is 40.0 Å². The Bertz CT molecular complexity index is 287. The predicted molar refractivity (Wildman–Crippen MR) is 79.4 cm³/mol. The zero-order valence-electron chi connectivity index (χ0n) is 11.6. The summed E-state index contributed by atoms with van der Waals surface area (Å²) in [7, 11) is 0. The highest BCUT2D eigenvalue weighted by Gasteiger charge is 1.91. The van der Waals surface area contributed by atoms with Gasteiger partial charge >= 0.3 is 0 Å². The molecule has 0 spiro atoms. The largest absolute Gasteiger partial charge is 0.317 e. The van der Waals surface area contributed by atoms with E-state index in [1.807, 2.05) is 12.1 Å². The molecule has 0 bridgehead atoms. The molecule has 0 fully saturated rings. The van der Waals surface area contributed by atoms with Gasteiger partial charge in [-0.05, 0) is 43.5 Å². The monoisotopic (exact) mass is 233 g/mol. The number of nitrogens with one attached hydrogen (secondary N) is 1. The average molecular weight is 233 g/mol. The third kappa shape index (κ3) is 7.76. The summed E-state index contributed by atoms with van der Waals surface area (Å²) in [6.45, 7) is 12.6. The minimum absolute atomic E-state index is 1.09. The highest BCUT2D eigenvalue weighted by molar-refractivity contribution is 5.51. The zero-order valence-corrected chi connectivity index (χ0v) is 11.6. The average Bonchev–Trinajstić information content (AvgIpc) is 2.40. The molecular formula is C16H27N. The summed E-state index contributed by atoms with van der Waals surface area (Å²) in [6.07, 6.45) is 5.49. The SMILES string of the molecule is C=Cc1ccccc1CC.CCCNCCC. The molecule has 0 atom stereocenters. The summed E-state index contributed by atoms with van der Waals surface area (Å²) in [6, 6.07) is 8.32. The van der Waals surface area contributed by atoms with Crippen molar-refractivity contribution in [1.82, 2.24) is 5.32 Å². The number of rotatable bonds is 6. The van der Waals surface area contributed by atoms with Crippen LogP contribution >= 0.6 is 0 Å². The maximum absolute atomic E-state index is 3.74. The van der Waals surface area contributed by atoms with Crippen LogP contribution in [-0.2, 0) is 6.42 Å². The summed E-state index contributed by atoms with van der Waals surface area (Å²) >= 11 is 0. The highest BCUT2D eigenvalue weighted by Crippen LogP contribution is 2.09. The Balaban J connectivity index is 0.000000325. The summed E-state index contributed by atoms with van der Waals surface area (Å²) in [4.78, 5) is 0. The number of benzene rings is 1. The molecule has 96 valence electrons. The second kappa shape index (κ2) is 11.4. The van der Waals surface area contributed by atoms with E-state index in [-0.39, 0.29) is 0 Å². The molecule has 0 amide bonds. The van der Waals surface area contributed by atoms with Gasteiger partial charge in [0.1, 0.15) is 0 Å². The fourth-order valence-electron chi connectivity index (χ4n) is 1.53. The Kier molecular flexibility index (Phi) is 10.7. The molecule has 0 aliphatic rings. The van der Waals surface area contributed by atoms with Crippen LogP contribution in [0.4, 0.5) is 0 Å². The molecule has 1 aromatic rings. The van der Waals surface area contributed by atoms with Gasteiger partial charge in [0, 0.05) is 0 Å². The lowest BCUT2D eigenvalue weighted by molar-refractivity contribution is 0.662. The van der Waals surface area contributed by atoms with Crippen LogP contribution < -0.4 is 5.32 Å². The van der Waals surface area contributed by atoms with Crippen molar-refractivity contribution in [1.29, 1.82) is 0 Å². The van der Waals surface area contributed by atoms with Gasteiger partial charge in [-0.25, -0.2) is 0 Å². The molecular weight excluding hydrogens is 206 g/mol. The van der Waals surface area contributed by atoms with Gasteiger partial charge in [-0.1, -0.05) is 57.7 Å². The quantitative estimate of drug-likeness (QED) is 0.723. The normalized spacial score (nSPS) is 9.35. The Morgan fingerprint density at radius 2 is 1.65 bits per heavy atom. The van der Waals surface area contributed by atoms with E-state index in [9.17, 15) is 0 Å². The first-order chi connectivity index (χ1) is 8.29. The van der Waals surface area contributed by atoms with E-state index >= 15 is 0 Å². The smallest absolute Gasteiger partial charge is 0.00516 e. The third-order valence-electron chi connectivity index (χ3n) is 2.51. The van der Waals surface area contributed by atoms with E-state index in [1.165, 1.54) is 37.1 Å². The van der Waals surface area contributed by atoms with E-state index in [0.717, 1.165) is 6.42 Å². The molecule has 0 aliphatic heterocycles. The van der Waals surface area contributed by atoms with Crippen LogP contribution in [0.2, 0.25) is 0 Å². The zero-order chi connectivity index (χ0) is 12.9. The number of hydrogen-bond acceptors (Lipinski definition) is 1. The topological polar surface area (TPSA) is 12.0 Å².